The largest absolute Gasteiger partial charge is 0.394 e. The van der Waals surface area contributed by atoms with Crippen LogP contribution in [0.4, 0.5) is 0 Å². The molecule has 0 spiro atoms. The molecule has 0 bridgehead atoms. The molecule has 4 nitrogen and oxygen atoms in total. The average molecular weight is 205 g/mol. The van der Waals surface area contributed by atoms with E-state index in [2.05, 4.69) is 16.4 Å². The van der Waals surface area contributed by atoms with Crippen molar-refractivity contribution in [2.24, 2.45) is 0 Å². The van der Waals surface area contributed by atoms with Crippen LogP contribution < -0.4 is 5.32 Å². The van der Waals surface area contributed by atoms with E-state index in [-0.39, 0.29) is 6.61 Å². The fourth-order valence-corrected chi connectivity index (χ4v) is 1.16. The molecule has 0 aliphatic rings. The number of rotatable bonds is 4. The normalized spacial score (nSPS) is 13.2. The van der Waals surface area contributed by atoms with Crippen LogP contribution in [-0.4, -0.2) is 22.2 Å². The smallest absolute Gasteiger partial charge is 0.138 e. The molecule has 0 saturated carbocycles. The predicted molar refractivity (Wildman–Crippen MR) is 56.9 cm³/mol. The van der Waals surface area contributed by atoms with Crippen LogP contribution in [0.3, 0.4) is 0 Å². The van der Waals surface area contributed by atoms with E-state index in [1.165, 1.54) is 0 Å². The molecule has 1 atom stereocenters. The number of nitrogens with zero attached hydrogens (tertiary/aromatic N) is 2. The molecule has 1 aromatic heterocycles. The minimum atomic E-state index is -0.492. The van der Waals surface area contributed by atoms with Gasteiger partial charge in [-0.25, -0.2) is 0 Å². The summed E-state index contributed by atoms with van der Waals surface area (Å²) in [7, 11) is 0. The summed E-state index contributed by atoms with van der Waals surface area (Å²) in [6.07, 6.45) is 1.65. The van der Waals surface area contributed by atoms with Crippen molar-refractivity contribution in [1.29, 1.82) is 5.26 Å². The van der Waals surface area contributed by atoms with Gasteiger partial charge in [-0.15, -0.1) is 0 Å². The Balaban J connectivity index is 2.79. The molecule has 1 heterocycles. The molecule has 0 aromatic carbocycles. The molecule has 1 rings (SSSR count). The minimum Gasteiger partial charge on any atom is -0.394 e. The number of aliphatic hydroxyl groups excluding tert-OH is 1. The van der Waals surface area contributed by atoms with Crippen molar-refractivity contribution in [1.82, 2.24) is 10.3 Å². The van der Waals surface area contributed by atoms with E-state index < -0.39 is 11.6 Å². The van der Waals surface area contributed by atoms with Crippen LogP contribution >= 0.6 is 0 Å². The average Bonchev–Trinajstić information content (AvgIpc) is 2.27. The molecule has 0 aliphatic heterocycles. The predicted octanol–water partition coefficient (Wildman–Crippen LogP) is 1.01. The lowest BCUT2D eigenvalue weighted by Gasteiger charge is -2.26. The molecule has 80 valence electrons. The molecule has 2 N–H and O–H groups in total. The Bertz CT molecular complexity index is 343. The van der Waals surface area contributed by atoms with E-state index in [4.69, 9.17) is 10.4 Å². The van der Waals surface area contributed by atoms with Gasteiger partial charge in [-0.1, -0.05) is 6.07 Å². The van der Waals surface area contributed by atoms with Gasteiger partial charge in [-0.05, 0) is 26.0 Å². The van der Waals surface area contributed by atoms with E-state index in [0.717, 1.165) is 0 Å². The third-order valence-electron chi connectivity index (χ3n) is 2.04. The Morgan fingerprint density at radius 1 is 1.60 bits per heavy atom. The van der Waals surface area contributed by atoms with E-state index in [1.54, 1.807) is 18.3 Å². The van der Waals surface area contributed by atoms with Crippen molar-refractivity contribution in [3.63, 3.8) is 0 Å². The topological polar surface area (TPSA) is 68.9 Å². The highest BCUT2D eigenvalue weighted by Crippen LogP contribution is 2.13. The van der Waals surface area contributed by atoms with Crippen molar-refractivity contribution in [2.45, 2.75) is 25.4 Å². The molecule has 0 amide bonds. The standard InChI is InChI=1S/C11H15N3O/c1-11(2,8-15)14-10(7-12)9-5-3-4-6-13-9/h3-6,10,14-15H,8H2,1-2H3. The van der Waals surface area contributed by atoms with Crippen molar-refractivity contribution in [3.05, 3.63) is 30.1 Å². The van der Waals surface area contributed by atoms with E-state index in [1.807, 2.05) is 19.9 Å². The third-order valence-corrected chi connectivity index (χ3v) is 2.04. The Hall–Kier alpha value is -1.44. The van der Waals surface area contributed by atoms with Gasteiger partial charge in [0.1, 0.15) is 6.04 Å². The van der Waals surface area contributed by atoms with Crippen LogP contribution in [0.1, 0.15) is 25.6 Å². The molecule has 1 aromatic rings. The van der Waals surface area contributed by atoms with Crippen molar-refractivity contribution < 1.29 is 5.11 Å². The van der Waals surface area contributed by atoms with Gasteiger partial charge >= 0.3 is 0 Å². The van der Waals surface area contributed by atoms with Crippen LogP contribution in [0, 0.1) is 11.3 Å². The Morgan fingerprint density at radius 2 is 2.33 bits per heavy atom. The van der Waals surface area contributed by atoms with Gasteiger partial charge in [0.15, 0.2) is 0 Å². The second-order valence-corrected chi connectivity index (χ2v) is 4.00. The van der Waals surface area contributed by atoms with Crippen LogP contribution in [-0.2, 0) is 0 Å². The highest BCUT2D eigenvalue weighted by Gasteiger charge is 2.22. The summed E-state index contributed by atoms with van der Waals surface area (Å²) in [5, 5.41) is 21.1. The number of hydrogen-bond acceptors (Lipinski definition) is 4. The fraction of sp³-hybridized carbons (Fsp3) is 0.455. The van der Waals surface area contributed by atoms with Crippen LogP contribution in [0.15, 0.2) is 24.4 Å². The minimum absolute atomic E-state index is 0.0297. The van der Waals surface area contributed by atoms with Gasteiger partial charge in [-0.2, -0.15) is 5.26 Å². The van der Waals surface area contributed by atoms with Gasteiger partial charge in [0.2, 0.25) is 0 Å². The summed E-state index contributed by atoms with van der Waals surface area (Å²) >= 11 is 0. The van der Waals surface area contributed by atoms with Gasteiger partial charge in [0.05, 0.1) is 18.4 Å². The zero-order valence-corrected chi connectivity index (χ0v) is 8.94. The Kier molecular flexibility index (Phi) is 3.78. The summed E-state index contributed by atoms with van der Waals surface area (Å²) < 4.78 is 0. The monoisotopic (exact) mass is 205 g/mol. The number of nitriles is 1. The molecule has 0 saturated heterocycles. The van der Waals surface area contributed by atoms with Crippen molar-refractivity contribution in [3.8, 4) is 6.07 Å². The van der Waals surface area contributed by atoms with Gasteiger partial charge in [0, 0.05) is 11.7 Å². The summed E-state index contributed by atoms with van der Waals surface area (Å²) in [4.78, 5) is 4.10. The molecule has 0 aliphatic carbocycles. The quantitative estimate of drug-likeness (QED) is 0.769. The zero-order valence-electron chi connectivity index (χ0n) is 8.94. The maximum Gasteiger partial charge on any atom is 0.138 e. The summed E-state index contributed by atoms with van der Waals surface area (Å²) in [6, 6.07) is 7.05. The number of pyridine rings is 1. The maximum atomic E-state index is 9.09. The van der Waals surface area contributed by atoms with Gasteiger partial charge in [-0.3, -0.25) is 10.3 Å². The number of hydrogen-bond donors (Lipinski definition) is 2. The lowest BCUT2D eigenvalue weighted by Crippen LogP contribution is -2.44. The van der Waals surface area contributed by atoms with Crippen LogP contribution in [0.5, 0.6) is 0 Å². The summed E-state index contributed by atoms with van der Waals surface area (Å²) in [6.45, 7) is 3.64. The van der Waals surface area contributed by atoms with Gasteiger partial charge < -0.3 is 5.11 Å². The first-order chi connectivity index (χ1) is 7.09. The maximum absolute atomic E-state index is 9.09. The van der Waals surface area contributed by atoms with E-state index in [0.29, 0.717) is 5.69 Å². The zero-order chi connectivity index (χ0) is 11.3. The Morgan fingerprint density at radius 3 is 2.80 bits per heavy atom. The number of nitrogens with one attached hydrogen (secondary N) is 1. The number of aliphatic hydroxyl groups is 1. The third kappa shape index (κ3) is 3.31. The van der Waals surface area contributed by atoms with Gasteiger partial charge in [0.25, 0.3) is 0 Å². The molecule has 15 heavy (non-hydrogen) atoms. The molecule has 4 heteroatoms. The highest BCUT2D eigenvalue weighted by atomic mass is 16.3. The van der Waals surface area contributed by atoms with Crippen molar-refractivity contribution >= 4 is 0 Å². The van der Waals surface area contributed by atoms with Crippen LogP contribution in [0.2, 0.25) is 0 Å². The first kappa shape index (κ1) is 11.6. The molecular weight excluding hydrogens is 190 g/mol. The molecule has 0 fully saturated rings. The lowest BCUT2D eigenvalue weighted by molar-refractivity contribution is 0.182. The van der Waals surface area contributed by atoms with Crippen LogP contribution in [0.25, 0.3) is 0 Å². The van der Waals surface area contributed by atoms with E-state index in [9.17, 15) is 0 Å². The number of aromatic nitrogens is 1. The molecule has 1 unspecified atom stereocenters. The van der Waals surface area contributed by atoms with Crippen molar-refractivity contribution in [2.75, 3.05) is 6.61 Å². The summed E-state index contributed by atoms with van der Waals surface area (Å²) in [5.74, 6) is 0. The van der Waals surface area contributed by atoms with E-state index >= 15 is 0 Å². The summed E-state index contributed by atoms with van der Waals surface area (Å²) in [5.41, 5.74) is 0.180. The highest BCUT2D eigenvalue weighted by molar-refractivity contribution is 5.16. The second kappa shape index (κ2) is 4.87. The fourth-order valence-electron chi connectivity index (χ4n) is 1.16. The SMILES string of the molecule is CC(C)(CO)NC(C#N)c1ccccn1. The first-order valence-electron chi connectivity index (χ1n) is 4.78. The first-order valence-corrected chi connectivity index (χ1v) is 4.78. The second-order valence-electron chi connectivity index (χ2n) is 4.00. The Labute approximate surface area is 89.6 Å². The molecular formula is C11H15N3O. The lowest BCUT2D eigenvalue weighted by atomic mass is 10.0. The molecule has 0 radical (unpaired) electrons.